The van der Waals surface area contributed by atoms with Gasteiger partial charge in [0.25, 0.3) is 0 Å². The lowest BCUT2D eigenvalue weighted by atomic mass is 9.82. The zero-order chi connectivity index (χ0) is 20.6. The Labute approximate surface area is 169 Å². The minimum atomic E-state index is 0.436. The fourth-order valence-electron chi connectivity index (χ4n) is 4.03. The van der Waals surface area contributed by atoms with Crippen LogP contribution in [0, 0.1) is 13.8 Å². The molecule has 0 amide bonds. The Hall–Kier alpha value is -2.74. The Morgan fingerprint density at radius 2 is 0.929 bits per heavy atom. The molecule has 0 bridgehead atoms. The lowest BCUT2D eigenvalue weighted by Gasteiger charge is -2.23. The molecule has 3 aromatic carbocycles. The number of benzene rings is 3. The van der Waals surface area contributed by atoms with Crippen molar-refractivity contribution in [1.29, 1.82) is 0 Å². The van der Waals surface area contributed by atoms with E-state index in [4.69, 9.17) is 11.5 Å². The third-order valence-corrected chi connectivity index (χ3v) is 5.55. The van der Waals surface area contributed by atoms with Crippen molar-refractivity contribution in [2.24, 2.45) is 0 Å². The van der Waals surface area contributed by atoms with Crippen molar-refractivity contribution in [1.82, 2.24) is 0 Å². The third kappa shape index (κ3) is 3.77. The molecule has 0 fully saturated rings. The van der Waals surface area contributed by atoms with Crippen molar-refractivity contribution >= 4 is 11.4 Å². The predicted molar refractivity (Wildman–Crippen MR) is 124 cm³/mol. The maximum Gasteiger partial charge on any atom is 0.0317 e. The molecule has 0 unspecified atom stereocenters. The number of anilines is 2. The minimum Gasteiger partial charge on any atom is -0.399 e. The highest BCUT2D eigenvalue weighted by Crippen LogP contribution is 2.41. The van der Waals surface area contributed by atoms with E-state index in [1.54, 1.807) is 0 Å². The van der Waals surface area contributed by atoms with Crippen LogP contribution in [0.5, 0.6) is 0 Å². The smallest absolute Gasteiger partial charge is 0.0317 e. The van der Waals surface area contributed by atoms with Crippen molar-refractivity contribution in [2.45, 2.75) is 53.4 Å². The highest BCUT2D eigenvalue weighted by molar-refractivity contribution is 5.82. The second-order valence-electron chi connectivity index (χ2n) is 8.48. The van der Waals surface area contributed by atoms with E-state index in [0.717, 1.165) is 11.4 Å². The average molecular weight is 373 g/mol. The van der Waals surface area contributed by atoms with Crippen molar-refractivity contribution in [3.63, 3.8) is 0 Å². The number of nitrogens with two attached hydrogens (primary N) is 2. The SMILES string of the molecule is Cc1cc(N)ccc1-c1cc(-c2ccc(N)cc2C)c(C(C)C)cc1C(C)C. The number of hydrogen-bond donors (Lipinski definition) is 2. The van der Waals surface area contributed by atoms with Gasteiger partial charge in [-0.15, -0.1) is 0 Å². The fraction of sp³-hybridized carbons (Fsp3) is 0.308. The van der Waals surface area contributed by atoms with E-state index < -0.39 is 0 Å². The summed E-state index contributed by atoms with van der Waals surface area (Å²) >= 11 is 0. The molecule has 2 heteroatoms. The molecular weight excluding hydrogens is 340 g/mol. The summed E-state index contributed by atoms with van der Waals surface area (Å²) in [5, 5.41) is 0. The molecule has 0 saturated heterocycles. The molecule has 146 valence electrons. The predicted octanol–water partition coefficient (Wildman–Crippen LogP) is 7.05. The van der Waals surface area contributed by atoms with Gasteiger partial charge >= 0.3 is 0 Å². The van der Waals surface area contributed by atoms with E-state index in [2.05, 4.69) is 77.9 Å². The van der Waals surface area contributed by atoms with Gasteiger partial charge in [-0.25, -0.2) is 0 Å². The van der Waals surface area contributed by atoms with E-state index >= 15 is 0 Å². The normalized spacial score (nSPS) is 11.4. The zero-order valence-electron chi connectivity index (χ0n) is 17.9. The van der Waals surface area contributed by atoms with Crippen molar-refractivity contribution in [3.8, 4) is 22.3 Å². The number of hydrogen-bond acceptors (Lipinski definition) is 2. The van der Waals surface area contributed by atoms with Crippen molar-refractivity contribution < 1.29 is 0 Å². The molecule has 28 heavy (non-hydrogen) atoms. The summed E-state index contributed by atoms with van der Waals surface area (Å²) in [6.45, 7) is 13.3. The maximum atomic E-state index is 6.01. The van der Waals surface area contributed by atoms with Crippen LogP contribution >= 0.6 is 0 Å². The molecule has 0 saturated carbocycles. The summed E-state index contributed by atoms with van der Waals surface area (Å²) in [6.07, 6.45) is 0. The second kappa shape index (κ2) is 7.71. The van der Waals surface area contributed by atoms with E-state index in [1.165, 1.54) is 44.5 Å². The maximum absolute atomic E-state index is 6.01. The first-order chi connectivity index (χ1) is 13.2. The average Bonchev–Trinajstić information content (AvgIpc) is 2.60. The summed E-state index contributed by atoms with van der Waals surface area (Å²) in [5.41, 5.74) is 23.9. The Kier molecular flexibility index (Phi) is 5.51. The summed E-state index contributed by atoms with van der Waals surface area (Å²) < 4.78 is 0. The molecule has 3 rings (SSSR count). The lowest BCUT2D eigenvalue weighted by molar-refractivity contribution is 0.837. The van der Waals surface area contributed by atoms with Gasteiger partial charge in [0.2, 0.25) is 0 Å². The van der Waals surface area contributed by atoms with E-state index in [9.17, 15) is 0 Å². The molecule has 0 aliphatic carbocycles. The largest absolute Gasteiger partial charge is 0.399 e. The topological polar surface area (TPSA) is 52.0 Å². The Morgan fingerprint density at radius 1 is 0.536 bits per heavy atom. The quantitative estimate of drug-likeness (QED) is 0.482. The Balaban J connectivity index is 2.36. The molecule has 3 aromatic rings. The first-order valence-corrected chi connectivity index (χ1v) is 10.1. The van der Waals surface area contributed by atoms with Crippen LogP contribution in [0.4, 0.5) is 11.4 Å². The van der Waals surface area contributed by atoms with Gasteiger partial charge in [-0.05, 0) is 101 Å². The van der Waals surface area contributed by atoms with Crippen LogP contribution in [0.1, 0.15) is 61.8 Å². The lowest BCUT2D eigenvalue weighted by Crippen LogP contribution is -2.02. The first kappa shape index (κ1) is 20.0. The Bertz CT molecular complexity index is 934. The van der Waals surface area contributed by atoms with E-state index in [0.29, 0.717) is 11.8 Å². The molecule has 0 aliphatic rings. The number of nitrogen functional groups attached to an aromatic ring is 2. The van der Waals surface area contributed by atoms with Crippen molar-refractivity contribution in [3.05, 3.63) is 70.8 Å². The molecular formula is C26H32N2. The van der Waals surface area contributed by atoms with Crippen LogP contribution in [0.15, 0.2) is 48.5 Å². The van der Waals surface area contributed by atoms with Crippen molar-refractivity contribution in [2.75, 3.05) is 11.5 Å². The monoisotopic (exact) mass is 372 g/mol. The molecule has 2 nitrogen and oxygen atoms in total. The first-order valence-electron chi connectivity index (χ1n) is 10.1. The van der Waals surface area contributed by atoms with Gasteiger partial charge in [-0.2, -0.15) is 0 Å². The van der Waals surface area contributed by atoms with Gasteiger partial charge in [-0.3, -0.25) is 0 Å². The van der Waals surface area contributed by atoms with Gasteiger partial charge in [0, 0.05) is 11.4 Å². The standard InChI is InChI=1S/C26H32N2/c1-15(2)23-13-24(16(3)4)26(22-10-8-20(28)12-18(22)6)14-25(23)21-9-7-19(27)11-17(21)5/h7-16H,27-28H2,1-6H3. The molecule has 0 spiro atoms. The summed E-state index contributed by atoms with van der Waals surface area (Å²) in [4.78, 5) is 0. The summed E-state index contributed by atoms with van der Waals surface area (Å²) in [6, 6.07) is 17.2. The van der Waals surface area contributed by atoms with Crippen LogP contribution in [0.3, 0.4) is 0 Å². The van der Waals surface area contributed by atoms with Crippen LogP contribution in [0.25, 0.3) is 22.3 Å². The van der Waals surface area contributed by atoms with Gasteiger partial charge < -0.3 is 11.5 Å². The number of aryl methyl sites for hydroxylation is 2. The molecule has 0 atom stereocenters. The molecule has 0 aromatic heterocycles. The van der Waals surface area contributed by atoms with Crippen LogP contribution < -0.4 is 11.5 Å². The van der Waals surface area contributed by atoms with Crippen LogP contribution in [0.2, 0.25) is 0 Å². The molecule has 0 radical (unpaired) electrons. The van der Waals surface area contributed by atoms with E-state index in [1.807, 2.05) is 12.1 Å². The van der Waals surface area contributed by atoms with Crippen LogP contribution in [-0.4, -0.2) is 0 Å². The Morgan fingerprint density at radius 3 is 1.25 bits per heavy atom. The van der Waals surface area contributed by atoms with Gasteiger partial charge in [0.15, 0.2) is 0 Å². The van der Waals surface area contributed by atoms with Gasteiger partial charge in [0.1, 0.15) is 0 Å². The minimum absolute atomic E-state index is 0.436. The molecule has 0 heterocycles. The second-order valence-corrected chi connectivity index (χ2v) is 8.48. The summed E-state index contributed by atoms with van der Waals surface area (Å²) in [5.74, 6) is 0.872. The number of rotatable bonds is 4. The zero-order valence-corrected chi connectivity index (χ0v) is 17.9. The highest BCUT2D eigenvalue weighted by Gasteiger charge is 2.18. The van der Waals surface area contributed by atoms with Crippen LogP contribution in [-0.2, 0) is 0 Å². The molecule has 0 aliphatic heterocycles. The highest BCUT2D eigenvalue weighted by atomic mass is 14.5. The van der Waals surface area contributed by atoms with E-state index in [-0.39, 0.29) is 0 Å². The van der Waals surface area contributed by atoms with Gasteiger partial charge in [0.05, 0.1) is 0 Å². The third-order valence-electron chi connectivity index (χ3n) is 5.55. The molecule has 4 N–H and O–H groups in total. The fourth-order valence-corrected chi connectivity index (χ4v) is 4.03. The van der Waals surface area contributed by atoms with Gasteiger partial charge in [-0.1, -0.05) is 45.9 Å². The summed E-state index contributed by atoms with van der Waals surface area (Å²) in [7, 11) is 0.